The number of carbonyl (C=O) groups is 4. The van der Waals surface area contributed by atoms with Crippen LogP contribution in [0.4, 0.5) is 0 Å². The van der Waals surface area contributed by atoms with Gasteiger partial charge < -0.3 is 37.6 Å². The molecule has 0 radical (unpaired) electrons. The third kappa shape index (κ3) is 4.26. The van der Waals surface area contributed by atoms with E-state index in [1.165, 1.54) is 20.5 Å². The third-order valence-corrected chi connectivity index (χ3v) is 10.5. The minimum absolute atomic E-state index is 0.0176. The maximum Gasteiger partial charge on any atom is 0.337 e. The van der Waals surface area contributed by atoms with Crippen LogP contribution in [0.25, 0.3) is 10.8 Å². The van der Waals surface area contributed by atoms with Gasteiger partial charge in [0.05, 0.1) is 57.0 Å². The van der Waals surface area contributed by atoms with E-state index in [1.54, 1.807) is 38.5 Å². The highest BCUT2D eigenvalue weighted by Gasteiger charge is 2.65. The number of benzene rings is 2. The van der Waals surface area contributed by atoms with Crippen molar-refractivity contribution < 1.29 is 56.8 Å². The lowest BCUT2D eigenvalue weighted by Gasteiger charge is -2.44. The van der Waals surface area contributed by atoms with Gasteiger partial charge >= 0.3 is 23.9 Å². The minimum Gasteiger partial charge on any atom is -0.496 e. The van der Waals surface area contributed by atoms with Gasteiger partial charge in [0.1, 0.15) is 36.6 Å². The molecule has 252 valence electrons. The second-order valence-corrected chi connectivity index (χ2v) is 12.6. The van der Waals surface area contributed by atoms with Gasteiger partial charge in [-0.25, -0.2) is 19.2 Å². The highest BCUT2D eigenvalue weighted by Crippen LogP contribution is 2.72. The molecule has 0 saturated heterocycles. The fourth-order valence-electron chi connectivity index (χ4n) is 8.71. The first-order valence-corrected chi connectivity index (χ1v) is 15.8. The summed E-state index contributed by atoms with van der Waals surface area (Å²) in [6, 6.07) is 11.2. The van der Waals surface area contributed by atoms with Crippen molar-refractivity contribution in [3.8, 4) is 11.5 Å². The van der Waals surface area contributed by atoms with Gasteiger partial charge in [0.2, 0.25) is 0 Å². The largest absolute Gasteiger partial charge is 0.496 e. The van der Waals surface area contributed by atoms with Crippen molar-refractivity contribution in [1.82, 2.24) is 0 Å². The first kappa shape index (κ1) is 30.9. The molecular formula is C37H32O12. The summed E-state index contributed by atoms with van der Waals surface area (Å²) in [4.78, 5) is 53.5. The average molecular weight is 669 g/mol. The van der Waals surface area contributed by atoms with Crippen molar-refractivity contribution in [1.29, 1.82) is 0 Å². The zero-order chi connectivity index (χ0) is 34.2. The molecule has 1 aromatic heterocycles. The topological polar surface area (TPSA) is 146 Å². The highest BCUT2D eigenvalue weighted by molar-refractivity contribution is 6.07. The summed E-state index contributed by atoms with van der Waals surface area (Å²) in [6.45, 7) is -0.569. The number of fused-ring (bicyclic) bond motifs is 11. The van der Waals surface area contributed by atoms with Crippen molar-refractivity contribution in [3.63, 3.8) is 0 Å². The first-order chi connectivity index (χ1) is 23.8. The van der Waals surface area contributed by atoms with Crippen LogP contribution in [0.1, 0.15) is 35.1 Å². The Bertz CT molecular complexity index is 2030. The summed E-state index contributed by atoms with van der Waals surface area (Å²) < 4.78 is 44.8. The summed E-state index contributed by atoms with van der Waals surface area (Å²) in [7, 11) is 5.63. The number of hydrogen-bond donors (Lipinski definition) is 0. The molecular weight excluding hydrogens is 636 g/mol. The van der Waals surface area contributed by atoms with E-state index < -0.39 is 42.2 Å². The van der Waals surface area contributed by atoms with E-state index in [1.807, 2.05) is 24.3 Å². The molecule has 2 aliphatic heterocycles. The van der Waals surface area contributed by atoms with Crippen LogP contribution < -0.4 is 9.47 Å². The van der Waals surface area contributed by atoms with Gasteiger partial charge in [0.15, 0.2) is 5.60 Å². The molecule has 12 nitrogen and oxygen atoms in total. The lowest BCUT2D eigenvalue weighted by molar-refractivity contribution is -0.150. The quantitative estimate of drug-likeness (QED) is 0.173. The van der Waals surface area contributed by atoms with Crippen molar-refractivity contribution in [3.05, 3.63) is 94.0 Å². The van der Waals surface area contributed by atoms with E-state index in [2.05, 4.69) is 0 Å². The van der Waals surface area contributed by atoms with Crippen LogP contribution in [0, 0.1) is 11.8 Å². The lowest BCUT2D eigenvalue weighted by atomic mass is 9.59. The lowest BCUT2D eigenvalue weighted by Crippen LogP contribution is -2.44. The van der Waals surface area contributed by atoms with Gasteiger partial charge in [-0.1, -0.05) is 30.3 Å². The molecule has 4 bridgehead atoms. The summed E-state index contributed by atoms with van der Waals surface area (Å²) in [5.74, 6) is -2.11. The Hall–Kier alpha value is -5.36. The predicted molar refractivity (Wildman–Crippen MR) is 168 cm³/mol. The van der Waals surface area contributed by atoms with Crippen LogP contribution >= 0.6 is 0 Å². The molecule has 3 aliphatic carbocycles. The normalized spacial score (nSPS) is 26.7. The van der Waals surface area contributed by atoms with Crippen LogP contribution in [-0.2, 0) is 49.5 Å². The zero-order valence-corrected chi connectivity index (χ0v) is 27.1. The van der Waals surface area contributed by atoms with E-state index in [-0.39, 0.29) is 52.6 Å². The molecule has 5 aliphatic rings. The molecule has 3 heterocycles. The number of ether oxygens (including phenoxy) is 7. The number of rotatable bonds is 10. The summed E-state index contributed by atoms with van der Waals surface area (Å²) >= 11 is 0. The van der Waals surface area contributed by atoms with Gasteiger partial charge in [0, 0.05) is 33.7 Å². The maximum atomic E-state index is 14.2. The average Bonchev–Trinajstić information content (AvgIpc) is 3.95. The van der Waals surface area contributed by atoms with Crippen LogP contribution in [0.5, 0.6) is 11.5 Å². The van der Waals surface area contributed by atoms with Gasteiger partial charge in [0.25, 0.3) is 0 Å². The summed E-state index contributed by atoms with van der Waals surface area (Å²) in [6.07, 6.45) is 4.43. The molecule has 1 fully saturated rings. The van der Waals surface area contributed by atoms with Crippen LogP contribution in [0.2, 0.25) is 0 Å². The van der Waals surface area contributed by atoms with Crippen molar-refractivity contribution >= 4 is 34.6 Å². The zero-order valence-electron chi connectivity index (χ0n) is 27.1. The van der Waals surface area contributed by atoms with E-state index in [9.17, 15) is 19.2 Å². The minimum atomic E-state index is -1.57. The Morgan fingerprint density at radius 1 is 0.755 bits per heavy atom. The summed E-state index contributed by atoms with van der Waals surface area (Å²) in [5, 5.41) is 1.79. The molecule has 3 aromatic rings. The third-order valence-electron chi connectivity index (χ3n) is 10.5. The number of furan rings is 1. The Morgan fingerprint density at radius 2 is 1.37 bits per heavy atom. The smallest absolute Gasteiger partial charge is 0.337 e. The van der Waals surface area contributed by atoms with Crippen LogP contribution in [-0.4, -0.2) is 70.6 Å². The maximum absolute atomic E-state index is 14.2. The molecule has 1 saturated carbocycles. The van der Waals surface area contributed by atoms with E-state index in [0.717, 1.165) is 27.6 Å². The second-order valence-electron chi connectivity index (χ2n) is 12.6. The SMILES string of the molecule is COC(=O)C1=C(C(=O)OC)C2(COC(=O)C3=C(C(=O)OCc4ccco4)C4C5CC(c6c5c(OC)c5ccccc5c6OC)C34)C=CC1O2. The fraction of sp³-hybridized carbons (Fsp3) is 0.351. The Balaban J connectivity index is 1.17. The molecule has 0 N–H and O–H groups in total. The summed E-state index contributed by atoms with van der Waals surface area (Å²) in [5.41, 5.74) is 0.669. The molecule has 2 aromatic carbocycles. The van der Waals surface area contributed by atoms with Crippen molar-refractivity contribution in [2.75, 3.05) is 35.0 Å². The Labute approximate surface area is 280 Å². The molecule has 6 atom stereocenters. The monoisotopic (exact) mass is 668 g/mol. The number of carbonyl (C=O) groups excluding carboxylic acids is 4. The molecule has 0 amide bonds. The number of methoxy groups -OCH3 is 4. The predicted octanol–water partition coefficient (Wildman–Crippen LogP) is 4.21. The van der Waals surface area contributed by atoms with E-state index in [4.69, 9.17) is 37.6 Å². The van der Waals surface area contributed by atoms with Gasteiger partial charge in [-0.15, -0.1) is 0 Å². The first-order valence-electron chi connectivity index (χ1n) is 15.8. The Kier molecular flexibility index (Phi) is 7.18. The van der Waals surface area contributed by atoms with Gasteiger partial charge in [-0.05, 0) is 36.5 Å². The second kappa shape index (κ2) is 11.4. The van der Waals surface area contributed by atoms with Crippen molar-refractivity contribution in [2.24, 2.45) is 11.8 Å². The van der Waals surface area contributed by atoms with Gasteiger partial charge in [-0.3, -0.25) is 0 Å². The molecule has 12 heteroatoms. The highest BCUT2D eigenvalue weighted by atomic mass is 16.6. The molecule has 0 spiro atoms. The molecule has 49 heavy (non-hydrogen) atoms. The van der Waals surface area contributed by atoms with Crippen LogP contribution in [0.3, 0.4) is 0 Å². The standard InChI is InChI=1S/C37H32O12/c1-42-31-18-9-5-6-10-19(18)32(43-2)26-21-14-20(25(26)31)23-24(21)29(28(23)34(39)47-15-17-8-7-13-46-17)35(40)48-16-37-12-11-22(49-37)27(33(38)44-3)30(37)36(41)45-4/h5-13,20-24H,14-16H2,1-4H3. The molecule has 6 unspecified atom stereocenters. The number of esters is 4. The molecule has 8 rings (SSSR count). The Morgan fingerprint density at radius 3 is 1.92 bits per heavy atom. The van der Waals surface area contributed by atoms with Crippen LogP contribution in [0.15, 0.2) is 81.5 Å². The van der Waals surface area contributed by atoms with E-state index >= 15 is 0 Å². The van der Waals surface area contributed by atoms with E-state index in [0.29, 0.717) is 17.9 Å². The number of hydrogen-bond acceptors (Lipinski definition) is 12. The van der Waals surface area contributed by atoms with Gasteiger partial charge in [-0.2, -0.15) is 0 Å². The fourth-order valence-corrected chi connectivity index (χ4v) is 8.71. The van der Waals surface area contributed by atoms with Crippen molar-refractivity contribution in [2.45, 2.75) is 36.6 Å².